The Hall–Kier alpha value is -2.33. The van der Waals surface area contributed by atoms with Gasteiger partial charge in [-0.2, -0.15) is 5.26 Å². The molecular formula is C26H18Cl2I2N2O4. The summed E-state index contributed by atoms with van der Waals surface area (Å²) in [6, 6.07) is 17.1. The van der Waals surface area contributed by atoms with E-state index in [1.54, 1.807) is 43.3 Å². The highest BCUT2D eigenvalue weighted by atomic mass is 127. The van der Waals surface area contributed by atoms with E-state index in [2.05, 4.69) is 50.5 Å². The third-order valence-electron chi connectivity index (χ3n) is 4.72. The van der Waals surface area contributed by atoms with Gasteiger partial charge in [0, 0.05) is 5.69 Å². The van der Waals surface area contributed by atoms with Crippen LogP contribution >= 0.6 is 68.4 Å². The predicted molar refractivity (Wildman–Crippen MR) is 157 cm³/mol. The van der Waals surface area contributed by atoms with E-state index in [4.69, 9.17) is 32.7 Å². The van der Waals surface area contributed by atoms with Crippen LogP contribution in [0, 0.1) is 18.5 Å². The molecule has 3 aromatic carbocycles. The molecule has 0 unspecified atom stereocenters. The molecule has 1 amide bonds. The Balaban J connectivity index is 1.72. The van der Waals surface area contributed by atoms with Gasteiger partial charge >= 0.3 is 5.97 Å². The van der Waals surface area contributed by atoms with E-state index in [9.17, 15) is 14.9 Å². The molecule has 0 aromatic heterocycles. The number of rotatable bonds is 8. The number of carbonyl (C=O) groups excluding carboxylic acids is 2. The van der Waals surface area contributed by atoms with Crippen molar-refractivity contribution in [3.05, 3.63) is 94.0 Å². The Labute approximate surface area is 245 Å². The number of carbonyl (C=O) groups is 2. The zero-order valence-electron chi connectivity index (χ0n) is 18.8. The Bertz CT molecular complexity index is 1350. The second-order valence-corrected chi connectivity index (χ2v) is 10.4. The fourth-order valence-corrected chi connectivity index (χ4v) is 5.45. The molecule has 0 aliphatic heterocycles. The van der Waals surface area contributed by atoms with Crippen LogP contribution in [0.4, 0.5) is 5.69 Å². The Morgan fingerprint density at radius 2 is 1.69 bits per heavy atom. The van der Waals surface area contributed by atoms with E-state index in [-0.39, 0.29) is 12.2 Å². The van der Waals surface area contributed by atoms with Gasteiger partial charge in [0.05, 0.1) is 29.4 Å². The fraction of sp³-hybridized carbons (Fsp3) is 0.115. The predicted octanol–water partition coefficient (Wildman–Crippen LogP) is 7.50. The molecule has 0 atom stereocenters. The second kappa shape index (κ2) is 13.3. The third kappa shape index (κ3) is 7.59. The van der Waals surface area contributed by atoms with Crippen molar-refractivity contribution in [2.24, 2.45) is 0 Å². The minimum atomic E-state index is -0.564. The van der Waals surface area contributed by atoms with E-state index in [1.807, 2.05) is 24.3 Å². The lowest BCUT2D eigenvalue weighted by molar-refractivity contribution is -0.112. The second-order valence-electron chi connectivity index (χ2n) is 7.27. The lowest BCUT2D eigenvalue weighted by Crippen LogP contribution is -2.13. The van der Waals surface area contributed by atoms with Crippen LogP contribution < -0.4 is 10.1 Å². The van der Waals surface area contributed by atoms with Crippen molar-refractivity contribution in [3.63, 3.8) is 0 Å². The SMILES string of the molecule is CCOC(=O)c1ccc(NC(=O)/C(C#N)=C/c2cc(I)c(OCc3ccc(Cl)c(Cl)c3)c(I)c2)cc1. The van der Waals surface area contributed by atoms with Crippen LogP contribution in [0.15, 0.2) is 60.2 Å². The van der Waals surface area contributed by atoms with E-state index in [1.165, 1.54) is 6.08 Å². The van der Waals surface area contributed by atoms with Crippen LogP contribution in [0.1, 0.15) is 28.4 Å². The van der Waals surface area contributed by atoms with Gasteiger partial charge in [-0.15, -0.1) is 0 Å². The first kappa shape index (κ1) is 28.2. The van der Waals surface area contributed by atoms with Crippen LogP contribution in [-0.4, -0.2) is 18.5 Å². The summed E-state index contributed by atoms with van der Waals surface area (Å²) in [7, 11) is 0. The molecule has 0 fully saturated rings. The molecule has 0 heterocycles. The molecule has 0 aliphatic rings. The quantitative estimate of drug-likeness (QED) is 0.112. The zero-order chi connectivity index (χ0) is 26.2. The number of amides is 1. The van der Waals surface area contributed by atoms with Crippen LogP contribution in [0.25, 0.3) is 6.08 Å². The number of nitrogens with zero attached hydrogens (tertiary/aromatic N) is 1. The topological polar surface area (TPSA) is 88.4 Å². The minimum Gasteiger partial charge on any atom is -0.487 e. The molecule has 184 valence electrons. The molecule has 0 saturated heterocycles. The Morgan fingerprint density at radius 1 is 1.03 bits per heavy atom. The number of hydrogen-bond acceptors (Lipinski definition) is 5. The summed E-state index contributed by atoms with van der Waals surface area (Å²) in [5.74, 6) is -0.322. The van der Waals surface area contributed by atoms with Crippen LogP contribution in [-0.2, 0) is 16.1 Å². The molecule has 6 nitrogen and oxygen atoms in total. The first-order valence-corrected chi connectivity index (χ1v) is 13.4. The van der Waals surface area contributed by atoms with Crippen molar-refractivity contribution in [1.29, 1.82) is 5.26 Å². The van der Waals surface area contributed by atoms with Crippen LogP contribution in [0.2, 0.25) is 10.0 Å². The molecule has 0 spiro atoms. The Kier molecular flexibility index (Phi) is 10.4. The van der Waals surface area contributed by atoms with Gasteiger partial charge in [-0.3, -0.25) is 4.79 Å². The lowest BCUT2D eigenvalue weighted by atomic mass is 10.1. The fourth-order valence-electron chi connectivity index (χ4n) is 3.00. The molecule has 0 radical (unpaired) electrons. The van der Waals surface area contributed by atoms with Crippen molar-refractivity contribution < 1.29 is 19.1 Å². The van der Waals surface area contributed by atoms with Crippen LogP contribution in [0.5, 0.6) is 5.75 Å². The minimum absolute atomic E-state index is 0.0689. The highest BCUT2D eigenvalue weighted by molar-refractivity contribution is 14.1. The molecule has 10 heteroatoms. The van der Waals surface area contributed by atoms with Gasteiger partial charge in [-0.05, 0) is 118 Å². The average molecular weight is 747 g/mol. The average Bonchev–Trinajstić information content (AvgIpc) is 2.84. The molecule has 3 rings (SSSR count). The van der Waals surface area contributed by atoms with E-state index in [0.29, 0.717) is 39.2 Å². The summed E-state index contributed by atoms with van der Waals surface area (Å²) in [6.07, 6.45) is 1.51. The van der Waals surface area contributed by atoms with E-state index < -0.39 is 11.9 Å². The standard InChI is InChI=1S/C26H18Cl2I2N2O4/c1-2-35-26(34)17-4-6-19(7-5-17)32-25(33)18(13-31)9-16-11-22(29)24(23(30)12-16)36-14-15-3-8-20(27)21(28)10-15/h3-12H,2,14H2,1H3,(H,32,33)/b18-9+. The van der Waals surface area contributed by atoms with E-state index in [0.717, 1.165) is 12.7 Å². The van der Waals surface area contributed by atoms with Gasteiger partial charge in [0.15, 0.2) is 0 Å². The van der Waals surface area contributed by atoms with Gasteiger partial charge in [0.25, 0.3) is 5.91 Å². The number of esters is 1. The maximum atomic E-state index is 12.7. The summed E-state index contributed by atoms with van der Waals surface area (Å²) in [5.41, 5.74) is 2.30. The molecule has 0 bridgehead atoms. The number of nitriles is 1. The van der Waals surface area contributed by atoms with Crippen molar-refractivity contribution in [2.75, 3.05) is 11.9 Å². The third-order valence-corrected chi connectivity index (χ3v) is 7.06. The van der Waals surface area contributed by atoms with Gasteiger partial charge in [-0.1, -0.05) is 29.3 Å². The van der Waals surface area contributed by atoms with Crippen LogP contribution in [0.3, 0.4) is 0 Å². The number of hydrogen-bond donors (Lipinski definition) is 1. The summed E-state index contributed by atoms with van der Waals surface area (Å²) >= 11 is 16.3. The maximum absolute atomic E-state index is 12.7. The molecule has 0 saturated carbocycles. The van der Waals surface area contributed by atoms with Crippen molar-refractivity contribution in [1.82, 2.24) is 0 Å². The number of halogens is 4. The smallest absolute Gasteiger partial charge is 0.338 e. The van der Waals surface area contributed by atoms with Crippen molar-refractivity contribution >= 4 is 92.0 Å². The molecule has 3 aromatic rings. The molecule has 36 heavy (non-hydrogen) atoms. The van der Waals surface area contributed by atoms with Gasteiger partial charge in [0.2, 0.25) is 0 Å². The summed E-state index contributed by atoms with van der Waals surface area (Å²) in [4.78, 5) is 24.4. The molecule has 0 aliphatic carbocycles. The monoisotopic (exact) mass is 746 g/mol. The Morgan fingerprint density at radius 3 is 2.28 bits per heavy atom. The molecular weight excluding hydrogens is 729 g/mol. The summed E-state index contributed by atoms with van der Waals surface area (Å²) < 4.78 is 12.6. The largest absolute Gasteiger partial charge is 0.487 e. The summed E-state index contributed by atoms with van der Waals surface area (Å²) in [6.45, 7) is 2.30. The van der Waals surface area contributed by atoms with Gasteiger partial charge in [0.1, 0.15) is 24.0 Å². The first-order valence-electron chi connectivity index (χ1n) is 10.5. The van der Waals surface area contributed by atoms with Gasteiger partial charge < -0.3 is 14.8 Å². The first-order chi connectivity index (χ1) is 17.2. The number of benzene rings is 3. The maximum Gasteiger partial charge on any atom is 0.338 e. The number of ether oxygens (including phenoxy) is 2. The van der Waals surface area contributed by atoms with Crippen molar-refractivity contribution in [2.45, 2.75) is 13.5 Å². The summed E-state index contributed by atoms with van der Waals surface area (Å²) in [5, 5.41) is 13.2. The zero-order valence-corrected chi connectivity index (χ0v) is 24.6. The lowest BCUT2D eigenvalue weighted by Gasteiger charge is -2.12. The van der Waals surface area contributed by atoms with Crippen molar-refractivity contribution in [3.8, 4) is 11.8 Å². The number of anilines is 1. The van der Waals surface area contributed by atoms with E-state index >= 15 is 0 Å². The normalized spacial score (nSPS) is 10.9. The van der Waals surface area contributed by atoms with Gasteiger partial charge in [-0.25, -0.2) is 4.79 Å². The number of nitrogens with one attached hydrogen (secondary N) is 1. The highest BCUT2D eigenvalue weighted by Crippen LogP contribution is 2.31. The molecule has 1 N–H and O–H groups in total. The highest BCUT2D eigenvalue weighted by Gasteiger charge is 2.14.